The number of halogens is 2. The zero-order valence-corrected chi connectivity index (χ0v) is 20.7. The molecular formula is C28H33F2N3O2. The second-order valence-electron chi connectivity index (χ2n) is 10.6. The van der Waals surface area contributed by atoms with Crippen molar-refractivity contribution in [3.63, 3.8) is 0 Å². The van der Waals surface area contributed by atoms with Gasteiger partial charge in [0.15, 0.2) is 0 Å². The molecule has 2 aliphatic rings. The lowest BCUT2D eigenvalue weighted by molar-refractivity contribution is 0.0438. The molecule has 5 rings (SSSR count). The van der Waals surface area contributed by atoms with Crippen molar-refractivity contribution in [2.24, 2.45) is 0 Å². The van der Waals surface area contributed by atoms with E-state index in [0.29, 0.717) is 22.3 Å². The fourth-order valence-corrected chi connectivity index (χ4v) is 5.94. The van der Waals surface area contributed by atoms with Gasteiger partial charge in [0.2, 0.25) is 0 Å². The molecule has 0 saturated heterocycles. The molecule has 0 radical (unpaired) electrons. The number of fused-ring (bicyclic) bond motifs is 2. The van der Waals surface area contributed by atoms with Crippen molar-refractivity contribution in [1.29, 1.82) is 0 Å². The smallest absolute Gasteiger partial charge is 0.407 e. The minimum atomic E-state index is -0.715. The van der Waals surface area contributed by atoms with Gasteiger partial charge in [0.05, 0.1) is 16.6 Å². The van der Waals surface area contributed by atoms with Crippen LogP contribution in [0.25, 0.3) is 22.0 Å². The first kappa shape index (κ1) is 23.6. The fraction of sp³-hybridized carbons (Fsp3) is 0.464. The van der Waals surface area contributed by atoms with Crippen LogP contribution in [0, 0.1) is 18.6 Å². The van der Waals surface area contributed by atoms with Gasteiger partial charge in [-0.1, -0.05) is 44.4 Å². The summed E-state index contributed by atoms with van der Waals surface area (Å²) in [6.45, 7) is 7.56. The summed E-state index contributed by atoms with van der Waals surface area (Å²) in [5.41, 5.74) is 2.11. The van der Waals surface area contributed by atoms with Gasteiger partial charge in [0, 0.05) is 40.4 Å². The number of benzene rings is 2. The predicted octanol–water partition coefficient (Wildman–Crippen LogP) is 7.16. The minimum Gasteiger partial charge on any atom is -0.443 e. The van der Waals surface area contributed by atoms with Gasteiger partial charge in [0.25, 0.3) is 0 Å². The summed E-state index contributed by atoms with van der Waals surface area (Å²) in [7, 11) is 0. The number of hydrogen-bond acceptors (Lipinski definition) is 3. The van der Waals surface area contributed by atoms with Gasteiger partial charge in [-0.3, -0.25) is 0 Å². The van der Waals surface area contributed by atoms with E-state index in [1.165, 1.54) is 12.5 Å². The number of hydrogen-bond donors (Lipinski definition) is 3. The quantitative estimate of drug-likeness (QED) is 0.372. The highest BCUT2D eigenvalue weighted by Gasteiger charge is 2.45. The first-order valence-electron chi connectivity index (χ1n) is 12.5. The molecule has 1 aromatic heterocycles. The number of carbonyl (C=O) groups is 1. The van der Waals surface area contributed by atoms with E-state index in [-0.39, 0.29) is 11.6 Å². The Hall–Kier alpha value is -3.09. The Morgan fingerprint density at radius 1 is 1.17 bits per heavy atom. The molecule has 0 spiro atoms. The fourth-order valence-electron chi connectivity index (χ4n) is 5.94. The molecule has 2 heterocycles. The molecule has 5 nitrogen and oxygen atoms in total. The van der Waals surface area contributed by atoms with Crippen LogP contribution in [0.5, 0.6) is 0 Å². The van der Waals surface area contributed by atoms with Crippen molar-refractivity contribution >= 4 is 22.7 Å². The van der Waals surface area contributed by atoms with Crippen molar-refractivity contribution in [2.75, 3.05) is 5.32 Å². The third-order valence-corrected chi connectivity index (χ3v) is 7.69. The summed E-state index contributed by atoms with van der Waals surface area (Å²) in [4.78, 5) is 15.9. The number of rotatable bonds is 3. The van der Waals surface area contributed by atoms with E-state index in [0.717, 1.165) is 36.6 Å². The van der Waals surface area contributed by atoms with Crippen LogP contribution in [0.15, 0.2) is 30.5 Å². The number of aryl methyl sites for hydroxylation is 1. The Balaban J connectivity index is 1.51. The Bertz CT molecular complexity index is 1280. The lowest BCUT2D eigenvalue weighted by atomic mass is 9.77. The van der Waals surface area contributed by atoms with E-state index in [1.54, 1.807) is 6.07 Å². The van der Waals surface area contributed by atoms with Crippen LogP contribution in [0.2, 0.25) is 0 Å². The molecule has 1 fully saturated rings. The second-order valence-corrected chi connectivity index (χ2v) is 10.6. The maximum Gasteiger partial charge on any atom is 0.407 e. The Labute approximate surface area is 204 Å². The van der Waals surface area contributed by atoms with Gasteiger partial charge < -0.3 is 20.4 Å². The number of ether oxygens (including phenoxy) is 1. The van der Waals surface area contributed by atoms with Crippen LogP contribution < -0.4 is 10.6 Å². The second kappa shape index (κ2) is 8.85. The van der Waals surface area contributed by atoms with Crippen LogP contribution in [-0.4, -0.2) is 28.8 Å². The topological polar surface area (TPSA) is 66.2 Å². The normalized spacial score (nSPS) is 21.9. The summed E-state index contributed by atoms with van der Waals surface area (Å²) in [6.07, 6.45) is 5.98. The number of para-hydroxylation sites is 1. The van der Waals surface area contributed by atoms with E-state index in [9.17, 15) is 4.79 Å². The SMILES string of the molecule is Cc1c[nH]c2c(-c3c(F)cc4c(c3F)C(C)C(OC(=O)NC3CCCCC3)C(C)(C)N4)cccc12. The van der Waals surface area contributed by atoms with Crippen LogP contribution in [0.1, 0.15) is 69.9 Å². The van der Waals surface area contributed by atoms with Gasteiger partial charge in [-0.2, -0.15) is 0 Å². The summed E-state index contributed by atoms with van der Waals surface area (Å²) >= 11 is 0. The van der Waals surface area contributed by atoms with Gasteiger partial charge >= 0.3 is 6.09 Å². The van der Waals surface area contributed by atoms with Crippen molar-refractivity contribution in [3.05, 3.63) is 53.2 Å². The monoisotopic (exact) mass is 481 g/mol. The third-order valence-electron chi connectivity index (χ3n) is 7.69. The predicted molar refractivity (Wildman–Crippen MR) is 135 cm³/mol. The molecule has 186 valence electrons. The number of alkyl carbamates (subject to hydrolysis) is 1. The molecule has 2 aromatic carbocycles. The van der Waals surface area contributed by atoms with Gasteiger partial charge in [0.1, 0.15) is 17.7 Å². The number of carbonyl (C=O) groups excluding carboxylic acids is 1. The maximum absolute atomic E-state index is 16.2. The van der Waals surface area contributed by atoms with E-state index >= 15 is 8.78 Å². The summed E-state index contributed by atoms with van der Waals surface area (Å²) in [5.74, 6) is -1.75. The number of aromatic nitrogens is 1. The molecular weight excluding hydrogens is 448 g/mol. The number of anilines is 1. The van der Waals surface area contributed by atoms with Crippen molar-refractivity contribution in [3.8, 4) is 11.1 Å². The largest absolute Gasteiger partial charge is 0.443 e. The Morgan fingerprint density at radius 3 is 2.66 bits per heavy atom. The Kier molecular flexibility index (Phi) is 5.98. The molecule has 7 heteroatoms. The van der Waals surface area contributed by atoms with Crippen molar-refractivity contribution < 1.29 is 18.3 Å². The average Bonchev–Trinajstić information content (AvgIpc) is 3.18. The third kappa shape index (κ3) is 4.15. The average molecular weight is 482 g/mol. The molecule has 1 amide bonds. The van der Waals surface area contributed by atoms with Crippen LogP contribution >= 0.6 is 0 Å². The molecule has 1 aliphatic carbocycles. The molecule has 3 N–H and O–H groups in total. The first-order chi connectivity index (χ1) is 16.7. The van der Waals surface area contributed by atoms with Gasteiger partial charge in [-0.25, -0.2) is 13.6 Å². The lowest BCUT2D eigenvalue weighted by Gasteiger charge is -2.44. The number of nitrogens with one attached hydrogen (secondary N) is 3. The summed E-state index contributed by atoms with van der Waals surface area (Å²) in [5, 5.41) is 7.14. The zero-order valence-electron chi connectivity index (χ0n) is 20.7. The Morgan fingerprint density at radius 2 is 1.91 bits per heavy atom. The number of amides is 1. The molecule has 3 aromatic rings. The highest BCUT2D eigenvalue weighted by atomic mass is 19.1. The highest BCUT2D eigenvalue weighted by molar-refractivity contribution is 5.96. The number of aromatic amines is 1. The first-order valence-corrected chi connectivity index (χ1v) is 12.5. The van der Waals surface area contributed by atoms with Crippen LogP contribution in [-0.2, 0) is 4.74 Å². The number of H-pyrrole nitrogens is 1. The van der Waals surface area contributed by atoms with E-state index in [2.05, 4.69) is 15.6 Å². The molecule has 0 bridgehead atoms. The lowest BCUT2D eigenvalue weighted by Crippen LogP contribution is -2.53. The molecule has 1 aliphatic heterocycles. The summed E-state index contributed by atoms with van der Waals surface area (Å²) in [6, 6.07) is 6.94. The minimum absolute atomic E-state index is 0.0741. The molecule has 35 heavy (non-hydrogen) atoms. The highest BCUT2D eigenvalue weighted by Crippen LogP contribution is 2.46. The van der Waals surface area contributed by atoms with E-state index in [1.807, 2.05) is 46.0 Å². The molecule has 2 unspecified atom stereocenters. The molecule has 1 saturated carbocycles. The van der Waals surface area contributed by atoms with Crippen LogP contribution in [0.4, 0.5) is 19.3 Å². The standard InChI is InChI=1S/C28H33F2N3O2/c1-15-14-31-25-18(15)11-8-12-19(25)23-20(29)13-21-22(24(23)30)16(2)26(28(3,4)33-21)35-27(34)32-17-9-6-5-7-10-17/h8,11-14,16-17,26,31,33H,5-7,9-10H2,1-4H3,(H,32,34). The van der Waals surface area contributed by atoms with Crippen molar-refractivity contribution in [1.82, 2.24) is 10.3 Å². The maximum atomic E-state index is 16.2. The van der Waals surface area contributed by atoms with Gasteiger partial charge in [-0.15, -0.1) is 0 Å². The molecule has 2 atom stereocenters. The van der Waals surface area contributed by atoms with Crippen LogP contribution in [0.3, 0.4) is 0 Å². The van der Waals surface area contributed by atoms with Gasteiger partial charge in [-0.05, 0) is 45.2 Å². The van der Waals surface area contributed by atoms with E-state index in [4.69, 9.17) is 4.74 Å². The van der Waals surface area contributed by atoms with E-state index < -0.39 is 35.3 Å². The zero-order chi connectivity index (χ0) is 24.9. The summed E-state index contributed by atoms with van der Waals surface area (Å²) < 4.78 is 37.5. The van der Waals surface area contributed by atoms with Crippen molar-refractivity contribution in [2.45, 2.75) is 83.4 Å².